The van der Waals surface area contributed by atoms with Crippen LogP contribution in [-0.2, 0) is 23.9 Å². The van der Waals surface area contributed by atoms with Crippen LogP contribution in [0, 0.1) is 5.92 Å². The maximum Gasteiger partial charge on any atom is 0.345 e. The molecule has 0 heterocycles. The molecule has 0 aliphatic carbocycles. The number of rotatable bonds is 8. The normalized spacial score (nSPS) is 13.2. The fourth-order valence-corrected chi connectivity index (χ4v) is 1.73. The van der Waals surface area contributed by atoms with Gasteiger partial charge in [-0.05, 0) is 23.8 Å². The number of carboxylic acid groups (broad SMARTS) is 3. The summed E-state index contributed by atoms with van der Waals surface area (Å²) in [7, 11) is 0. The third-order valence-corrected chi connectivity index (χ3v) is 2.87. The number of phenolic OH excluding ortho intramolecular Hbond substituents is 1. The summed E-state index contributed by atoms with van der Waals surface area (Å²) in [5.74, 6) is -8.07. The lowest BCUT2D eigenvalue weighted by Gasteiger charge is -2.18. The van der Waals surface area contributed by atoms with E-state index in [1.165, 1.54) is 30.3 Å². The molecule has 128 valence electrons. The Labute approximate surface area is 135 Å². The van der Waals surface area contributed by atoms with Gasteiger partial charge in [-0.25, -0.2) is 9.59 Å². The van der Waals surface area contributed by atoms with E-state index in [0.717, 1.165) is 6.08 Å². The highest BCUT2D eigenvalue weighted by Gasteiger charge is 2.38. The maximum atomic E-state index is 11.6. The van der Waals surface area contributed by atoms with E-state index in [-0.39, 0.29) is 5.75 Å². The predicted molar refractivity (Wildman–Crippen MR) is 78.0 cm³/mol. The van der Waals surface area contributed by atoms with Crippen LogP contribution >= 0.6 is 0 Å². The smallest absolute Gasteiger partial charge is 0.345 e. The molecule has 0 saturated carbocycles. The van der Waals surface area contributed by atoms with E-state index in [0.29, 0.717) is 5.56 Å². The van der Waals surface area contributed by atoms with Crippen molar-refractivity contribution in [3.8, 4) is 5.75 Å². The quantitative estimate of drug-likeness (QED) is 0.393. The van der Waals surface area contributed by atoms with Crippen LogP contribution in [0.25, 0.3) is 6.08 Å². The number of ether oxygens (including phenoxy) is 1. The second kappa shape index (κ2) is 8.32. The molecule has 4 N–H and O–H groups in total. The molecule has 0 saturated heterocycles. The molecular weight excluding hydrogens is 324 g/mol. The zero-order valence-corrected chi connectivity index (χ0v) is 12.2. The first-order valence-electron chi connectivity index (χ1n) is 6.56. The Kier molecular flexibility index (Phi) is 6.48. The topological polar surface area (TPSA) is 158 Å². The van der Waals surface area contributed by atoms with E-state index in [1.54, 1.807) is 0 Å². The van der Waals surface area contributed by atoms with E-state index in [9.17, 15) is 19.2 Å². The number of benzene rings is 1. The largest absolute Gasteiger partial charge is 0.508 e. The molecule has 1 aromatic carbocycles. The van der Waals surface area contributed by atoms with E-state index in [4.69, 9.17) is 20.4 Å². The number of carbonyl (C=O) groups excluding carboxylic acids is 1. The molecule has 0 bridgehead atoms. The highest BCUT2D eigenvalue weighted by molar-refractivity contribution is 5.91. The number of carboxylic acids is 3. The molecule has 9 nitrogen and oxygen atoms in total. The van der Waals surface area contributed by atoms with Gasteiger partial charge < -0.3 is 25.2 Å². The summed E-state index contributed by atoms with van der Waals surface area (Å²) in [6.45, 7) is 0. The van der Waals surface area contributed by atoms with Crippen LogP contribution < -0.4 is 0 Å². The van der Waals surface area contributed by atoms with Crippen LogP contribution in [0.3, 0.4) is 0 Å². The Morgan fingerprint density at radius 3 is 2.04 bits per heavy atom. The number of aliphatic carboxylic acids is 3. The zero-order chi connectivity index (χ0) is 18.3. The van der Waals surface area contributed by atoms with Crippen molar-refractivity contribution >= 4 is 30.0 Å². The van der Waals surface area contributed by atoms with E-state index in [2.05, 4.69) is 4.74 Å². The maximum absolute atomic E-state index is 11.6. The SMILES string of the molecule is O=C(O)CC(C(=O)O)C(OC(=O)C=Cc1ccc(O)cc1)C(=O)O. The molecule has 0 aliphatic rings. The minimum Gasteiger partial charge on any atom is -0.508 e. The molecule has 1 aromatic rings. The highest BCUT2D eigenvalue weighted by atomic mass is 16.6. The molecule has 2 unspecified atom stereocenters. The van der Waals surface area contributed by atoms with Crippen molar-refractivity contribution < 1.29 is 44.3 Å². The molecule has 9 heteroatoms. The van der Waals surface area contributed by atoms with Gasteiger partial charge in [-0.15, -0.1) is 0 Å². The fraction of sp³-hybridized carbons (Fsp3) is 0.200. The molecule has 0 fully saturated rings. The van der Waals surface area contributed by atoms with Crippen molar-refractivity contribution in [1.29, 1.82) is 0 Å². The van der Waals surface area contributed by atoms with Crippen molar-refractivity contribution in [2.24, 2.45) is 5.92 Å². The van der Waals surface area contributed by atoms with Gasteiger partial charge in [0.2, 0.25) is 6.10 Å². The molecule has 24 heavy (non-hydrogen) atoms. The van der Waals surface area contributed by atoms with Gasteiger partial charge in [0.05, 0.1) is 6.42 Å². The number of esters is 1. The van der Waals surface area contributed by atoms with E-state index < -0.39 is 42.3 Å². The van der Waals surface area contributed by atoms with Crippen LogP contribution in [0.5, 0.6) is 5.75 Å². The second-order valence-electron chi connectivity index (χ2n) is 4.66. The molecule has 2 atom stereocenters. The Balaban J connectivity index is 2.85. The number of hydrogen-bond donors (Lipinski definition) is 4. The van der Waals surface area contributed by atoms with E-state index in [1.807, 2.05) is 0 Å². The van der Waals surface area contributed by atoms with Crippen molar-refractivity contribution in [2.75, 3.05) is 0 Å². The predicted octanol–water partition coefficient (Wildman–Crippen LogP) is 0.577. The Morgan fingerprint density at radius 2 is 1.58 bits per heavy atom. The first kappa shape index (κ1) is 18.7. The molecule has 1 rings (SSSR count). The standard InChI is InChI=1S/C15H14O9/c16-9-4-1-8(2-5-9)3-6-12(19)24-13(15(22)23)10(14(20)21)7-11(17)18/h1-6,10,13,16H,7H2,(H,17,18)(H,20,21)(H,22,23). The summed E-state index contributed by atoms with van der Waals surface area (Å²) in [5.41, 5.74) is 0.497. The summed E-state index contributed by atoms with van der Waals surface area (Å²) >= 11 is 0. The number of carbonyl (C=O) groups is 4. The fourth-order valence-electron chi connectivity index (χ4n) is 1.73. The Bertz CT molecular complexity index is 660. The van der Waals surface area contributed by atoms with Crippen LogP contribution in [-0.4, -0.2) is 50.4 Å². The lowest BCUT2D eigenvalue weighted by atomic mass is 9.98. The van der Waals surface area contributed by atoms with Crippen LogP contribution in [0.1, 0.15) is 12.0 Å². The molecule has 0 aliphatic heterocycles. The number of aromatic hydroxyl groups is 1. The van der Waals surface area contributed by atoms with Gasteiger partial charge in [-0.2, -0.15) is 0 Å². The van der Waals surface area contributed by atoms with Crippen molar-refractivity contribution in [3.63, 3.8) is 0 Å². The summed E-state index contributed by atoms with van der Waals surface area (Å²) in [5, 5.41) is 35.7. The summed E-state index contributed by atoms with van der Waals surface area (Å²) < 4.78 is 4.56. The van der Waals surface area contributed by atoms with Crippen molar-refractivity contribution in [2.45, 2.75) is 12.5 Å². The third kappa shape index (κ3) is 5.79. The first-order valence-corrected chi connectivity index (χ1v) is 6.56. The summed E-state index contributed by atoms with van der Waals surface area (Å²) in [6.07, 6.45) is -1.03. The summed E-state index contributed by atoms with van der Waals surface area (Å²) in [4.78, 5) is 44.4. The minimum absolute atomic E-state index is 0.0126. The highest BCUT2D eigenvalue weighted by Crippen LogP contribution is 2.15. The average molecular weight is 338 g/mol. The molecule has 0 radical (unpaired) electrons. The molecular formula is C15H14O9. The third-order valence-electron chi connectivity index (χ3n) is 2.87. The van der Waals surface area contributed by atoms with Crippen LogP contribution in [0.2, 0.25) is 0 Å². The number of phenols is 1. The van der Waals surface area contributed by atoms with Gasteiger partial charge in [0.15, 0.2) is 0 Å². The van der Waals surface area contributed by atoms with E-state index >= 15 is 0 Å². The van der Waals surface area contributed by atoms with Crippen LogP contribution in [0.4, 0.5) is 0 Å². The van der Waals surface area contributed by atoms with Gasteiger partial charge >= 0.3 is 23.9 Å². The second-order valence-corrected chi connectivity index (χ2v) is 4.66. The first-order chi connectivity index (χ1) is 11.2. The van der Waals surface area contributed by atoms with Gasteiger partial charge in [0.25, 0.3) is 0 Å². The monoisotopic (exact) mass is 338 g/mol. The Hall–Kier alpha value is -3.36. The molecule has 0 spiro atoms. The average Bonchev–Trinajstić information content (AvgIpc) is 2.49. The van der Waals surface area contributed by atoms with Crippen molar-refractivity contribution in [1.82, 2.24) is 0 Å². The minimum atomic E-state index is -2.14. The Morgan fingerprint density at radius 1 is 1.00 bits per heavy atom. The molecule has 0 amide bonds. The van der Waals surface area contributed by atoms with Crippen molar-refractivity contribution in [3.05, 3.63) is 35.9 Å². The lowest BCUT2D eigenvalue weighted by Crippen LogP contribution is -2.39. The molecule has 0 aromatic heterocycles. The number of hydrogen-bond acceptors (Lipinski definition) is 6. The van der Waals surface area contributed by atoms with Gasteiger partial charge in [-0.1, -0.05) is 12.1 Å². The van der Waals surface area contributed by atoms with Gasteiger partial charge in [-0.3, -0.25) is 9.59 Å². The lowest BCUT2D eigenvalue weighted by molar-refractivity contribution is -0.172. The zero-order valence-electron chi connectivity index (χ0n) is 12.2. The van der Waals surface area contributed by atoms with Crippen LogP contribution in [0.15, 0.2) is 30.3 Å². The van der Waals surface area contributed by atoms with Gasteiger partial charge in [0.1, 0.15) is 11.7 Å². The van der Waals surface area contributed by atoms with Gasteiger partial charge in [0, 0.05) is 6.08 Å². The summed E-state index contributed by atoms with van der Waals surface area (Å²) in [6, 6.07) is 5.66.